The number of carbonyl (C=O) groups excluding carboxylic acids is 1. The Balaban J connectivity index is 1.51. The number of hydrogen-bond acceptors (Lipinski definition) is 4. The quantitative estimate of drug-likeness (QED) is 0.820. The van der Waals surface area contributed by atoms with Crippen LogP contribution < -0.4 is 0 Å². The van der Waals surface area contributed by atoms with E-state index in [2.05, 4.69) is 5.16 Å². The molecule has 1 atom stereocenters. The van der Waals surface area contributed by atoms with Crippen LogP contribution in [0.4, 0.5) is 13.2 Å². The SMILES string of the molecule is Cc1noc(C)c1CN1CCC2(C1)CN(C(=O)C1(F)CC1)CCC2(F)F. The average molecular weight is 371 g/mol. The van der Waals surface area contributed by atoms with E-state index in [9.17, 15) is 18.0 Å². The lowest BCUT2D eigenvalue weighted by Gasteiger charge is -2.46. The van der Waals surface area contributed by atoms with Gasteiger partial charge in [0.15, 0.2) is 5.67 Å². The molecule has 1 aromatic heterocycles. The first-order valence-corrected chi connectivity index (χ1v) is 9.16. The Morgan fingerprint density at radius 1 is 1.12 bits per heavy atom. The highest BCUT2D eigenvalue weighted by molar-refractivity contribution is 5.88. The molecular formula is C18H24F3N3O2. The normalized spacial score (nSPS) is 30.1. The second-order valence-corrected chi connectivity index (χ2v) is 8.19. The summed E-state index contributed by atoms with van der Waals surface area (Å²) >= 11 is 0. The summed E-state index contributed by atoms with van der Waals surface area (Å²) in [6, 6.07) is 0. The molecule has 1 unspecified atom stereocenters. The van der Waals surface area contributed by atoms with Crippen molar-refractivity contribution in [1.29, 1.82) is 0 Å². The van der Waals surface area contributed by atoms with Crippen molar-refractivity contribution in [2.24, 2.45) is 5.41 Å². The van der Waals surface area contributed by atoms with Gasteiger partial charge in [0.25, 0.3) is 11.8 Å². The predicted octanol–water partition coefficient (Wildman–Crippen LogP) is 2.85. The summed E-state index contributed by atoms with van der Waals surface area (Å²) < 4.78 is 49.0. The van der Waals surface area contributed by atoms with Crippen molar-refractivity contribution in [1.82, 2.24) is 15.0 Å². The molecular weight excluding hydrogens is 347 g/mol. The summed E-state index contributed by atoms with van der Waals surface area (Å²) in [6.45, 7) is 4.72. The third-order valence-corrected chi connectivity index (χ3v) is 6.32. The Hall–Kier alpha value is -1.57. The molecule has 1 spiro atoms. The van der Waals surface area contributed by atoms with Gasteiger partial charge in [0, 0.05) is 38.2 Å². The number of carbonyl (C=O) groups is 1. The molecule has 1 amide bonds. The smallest absolute Gasteiger partial charge is 0.260 e. The molecule has 2 saturated heterocycles. The lowest BCUT2D eigenvalue weighted by molar-refractivity contribution is -0.175. The van der Waals surface area contributed by atoms with Gasteiger partial charge < -0.3 is 9.42 Å². The minimum Gasteiger partial charge on any atom is -0.361 e. The van der Waals surface area contributed by atoms with Crippen LogP contribution in [0.3, 0.4) is 0 Å². The van der Waals surface area contributed by atoms with Gasteiger partial charge in [-0.2, -0.15) is 0 Å². The van der Waals surface area contributed by atoms with Crippen LogP contribution in [0.1, 0.15) is 42.7 Å². The van der Waals surface area contributed by atoms with Crippen LogP contribution in [0.2, 0.25) is 0 Å². The van der Waals surface area contributed by atoms with E-state index in [0.717, 1.165) is 11.3 Å². The Bertz CT molecular complexity index is 712. The van der Waals surface area contributed by atoms with Gasteiger partial charge in [-0.05, 0) is 39.7 Å². The number of hydrogen-bond donors (Lipinski definition) is 0. The molecule has 3 aliphatic rings. The molecule has 0 aromatic carbocycles. The minimum absolute atomic E-state index is 0.0663. The number of rotatable bonds is 3. The van der Waals surface area contributed by atoms with E-state index >= 15 is 0 Å². The zero-order valence-corrected chi connectivity index (χ0v) is 15.2. The van der Waals surface area contributed by atoms with Crippen molar-refractivity contribution in [3.05, 3.63) is 17.0 Å². The predicted molar refractivity (Wildman–Crippen MR) is 87.5 cm³/mol. The Morgan fingerprint density at radius 2 is 1.85 bits per heavy atom. The van der Waals surface area contributed by atoms with Gasteiger partial charge in [-0.15, -0.1) is 0 Å². The van der Waals surface area contributed by atoms with Crippen molar-refractivity contribution in [2.45, 2.75) is 57.7 Å². The van der Waals surface area contributed by atoms with Crippen molar-refractivity contribution in [3.63, 3.8) is 0 Å². The average Bonchev–Trinajstić information content (AvgIpc) is 3.09. The molecule has 3 heterocycles. The molecule has 2 aliphatic heterocycles. The molecule has 0 radical (unpaired) electrons. The van der Waals surface area contributed by atoms with E-state index in [1.165, 1.54) is 4.90 Å². The van der Waals surface area contributed by atoms with Gasteiger partial charge in [-0.3, -0.25) is 9.69 Å². The van der Waals surface area contributed by atoms with Gasteiger partial charge in [0.2, 0.25) is 0 Å². The first-order valence-electron chi connectivity index (χ1n) is 9.16. The van der Waals surface area contributed by atoms with Crippen LogP contribution >= 0.6 is 0 Å². The first kappa shape index (κ1) is 17.8. The second-order valence-electron chi connectivity index (χ2n) is 8.19. The maximum absolute atomic E-state index is 14.8. The standard InChI is InChI=1S/C18H24F3N3O2/c1-12-14(13(2)26-22-12)9-23-7-5-16(10-23)11-24(8-6-18(16,20)21)15(25)17(19)3-4-17/h3-11H2,1-2H3. The van der Waals surface area contributed by atoms with Crippen LogP contribution in [0.25, 0.3) is 0 Å². The fourth-order valence-corrected chi connectivity index (χ4v) is 4.35. The highest BCUT2D eigenvalue weighted by Gasteiger charge is 2.62. The molecule has 1 aliphatic carbocycles. The summed E-state index contributed by atoms with van der Waals surface area (Å²) in [5.74, 6) is -2.76. The maximum atomic E-state index is 14.8. The van der Waals surface area contributed by atoms with E-state index in [-0.39, 0.29) is 32.5 Å². The Kier molecular flexibility index (Phi) is 3.92. The number of aryl methyl sites for hydroxylation is 2. The zero-order valence-electron chi connectivity index (χ0n) is 15.2. The minimum atomic E-state index is -2.86. The zero-order chi connectivity index (χ0) is 18.7. The third-order valence-electron chi connectivity index (χ3n) is 6.32. The van der Waals surface area contributed by atoms with Gasteiger partial charge in [0.05, 0.1) is 11.1 Å². The molecule has 144 valence electrons. The summed E-state index contributed by atoms with van der Waals surface area (Å²) in [7, 11) is 0. The number of alkyl halides is 3. The lowest BCUT2D eigenvalue weighted by atomic mass is 9.75. The van der Waals surface area contributed by atoms with Crippen molar-refractivity contribution in [2.75, 3.05) is 26.2 Å². The third kappa shape index (κ3) is 2.73. The van der Waals surface area contributed by atoms with E-state index in [1.807, 2.05) is 18.7 Å². The molecule has 1 saturated carbocycles. The van der Waals surface area contributed by atoms with Crippen LogP contribution in [-0.4, -0.2) is 58.6 Å². The summed E-state index contributed by atoms with van der Waals surface area (Å²) in [5.41, 5.74) is -1.41. The number of piperidine rings is 1. The number of amides is 1. The van der Waals surface area contributed by atoms with E-state index in [0.29, 0.717) is 25.3 Å². The number of halogens is 3. The van der Waals surface area contributed by atoms with E-state index < -0.39 is 29.3 Å². The second kappa shape index (κ2) is 5.71. The maximum Gasteiger partial charge on any atom is 0.260 e. The largest absolute Gasteiger partial charge is 0.361 e. The van der Waals surface area contributed by atoms with Gasteiger partial charge in [-0.25, -0.2) is 13.2 Å². The summed E-state index contributed by atoms with van der Waals surface area (Å²) in [4.78, 5) is 15.6. The van der Waals surface area contributed by atoms with Gasteiger partial charge >= 0.3 is 0 Å². The molecule has 3 fully saturated rings. The molecule has 8 heteroatoms. The van der Waals surface area contributed by atoms with Gasteiger partial charge in [-0.1, -0.05) is 5.16 Å². The van der Waals surface area contributed by atoms with E-state index in [1.54, 1.807) is 0 Å². The van der Waals surface area contributed by atoms with Crippen LogP contribution in [-0.2, 0) is 11.3 Å². The first-order chi connectivity index (χ1) is 12.2. The van der Waals surface area contributed by atoms with Crippen molar-refractivity contribution in [3.8, 4) is 0 Å². The fraction of sp³-hybridized carbons (Fsp3) is 0.778. The highest BCUT2D eigenvalue weighted by Crippen LogP contribution is 2.51. The van der Waals surface area contributed by atoms with Crippen molar-refractivity contribution >= 4 is 5.91 Å². The molecule has 1 aromatic rings. The van der Waals surface area contributed by atoms with E-state index in [4.69, 9.17) is 4.52 Å². The molecule has 5 nitrogen and oxygen atoms in total. The highest BCUT2D eigenvalue weighted by atomic mass is 19.3. The Labute approximate surface area is 150 Å². The molecule has 0 bridgehead atoms. The monoisotopic (exact) mass is 371 g/mol. The van der Waals surface area contributed by atoms with Gasteiger partial charge in [0.1, 0.15) is 5.76 Å². The van der Waals surface area contributed by atoms with Crippen LogP contribution in [0.15, 0.2) is 4.52 Å². The number of nitrogens with zero attached hydrogens (tertiary/aromatic N) is 3. The van der Waals surface area contributed by atoms with Crippen LogP contribution in [0.5, 0.6) is 0 Å². The molecule has 0 N–H and O–H groups in total. The number of aromatic nitrogens is 1. The number of likely N-dealkylation sites (tertiary alicyclic amines) is 2. The fourth-order valence-electron chi connectivity index (χ4n) is 4.35. The lowest BCUT2D eigenvalue weighted by Crippen LogP contribution is -2.59. The Morgan fingerprint density at radius 3 is 2.46 bits per heavy atom. The summed E-state index contributed by atoms with van der Waals surface area (Å²) in [5, 5.41) is 3.92. The van der Waals surface area contributed by atoms with Crippen LogP contribution in [0, 0.1) is 19.3 Å². The molecule has 4 rings (SSSR count). The summed E-state index contributed by atoms with van der Waals surface area (Å²) in [6.07, 6.45) is 0.328. The molecule has 26 heavy (non-hydrogen) atoms. The topological polar surface area (TPSA) is 49.6 Å². The van der Waals surface area contributed by atoms with Crippen molar-refractivity contribution < 1.29 is 22.5 Å².